The summed E-state index contributed by atoms with van der Waals surface area (Å²) in [6.07, 6.45) is 13.9. The maximum atomic E-state index is 3.59. The Labute approximate surface area is 160 Å². The molecule has 1 nitrogen and oxygen atoms in total. The predicted molar refractivity (Wildman–Crippen MR) is 96.7 cm³/mol. The molecule has 0 aromatic heterocycles. The van der Waals surface area contributed by atoms with Crippen LogP contribution in [0.1, 0.15) is 85.0 Å². The van der Waals surface area contributed by atoms with Crippen molar-refractivity contribution in [1.82, 2.24) is 0 Å². The van der Waals surface area contributed by atoms with Gasteiger partial charge in [0.25, 0.3) is 0 Å². The van der Waals surface area contributed by atoms with Gasteiger partial charge in [-0.1, -0.05) is 62.4 Å². The average molecular weight is 476 g/mol. The van der Waals surface area contributed by atoms with Gasteiger partial charge in [-0.25, -0.2) is 0 Å². The number of hydrogen-bond donors (Lipinski definition) is 0. The lowest BCUT2D eigenvalue weighted by Crippen LogP contribution is -3.00. The highest BCUT2D eigenvalue weighted by Gasteiger charge is 2.25. The van der Waals surface area contributed by atoms with Gasteiger partial charge in [0.2, 0.25) is 0 Å². The van der Waals surface area contributed by atoms with E-state index in [4.69, 9.17) is 0 Å². The summed E-state index contributed by atoms with van der Waals surface area (Å²) in [7, 11) is 0. The Morgan fingerprint density at radius 1 is 0.571 bits per heavy atom. The first-order chi connectivity index (χ1) is 9.74. The third-order valence-corrected chi connectivity index (χ3v) is 5.03. The standard InChI is InChI=1S/C18H39BrN.HI/c1-4-7-10-12-17-20(15-8-5-2,16-9-6-3)18-13-11-14-19;/h4-18H2,1-3H3;1H/q+1;/p-1. The summed E-state index contributed by atoms with van der Waals surface area (Å²) < 4.78 is 1.42. The van der Waals surface area contributed by atoms with Gasteiger partial charge in [0, 0.05) is 5.33 Å². The normalized spacial score (nSPS) is 11.4. The van der Waals surface area contributed by atoms with Crippen molar-refractivity contribution < 1.29 is 28.5 Å². The van der Waals surface area contributed by atoms with E-state index in [9.17, 15) is 0 Å². The second-order valence-corrected chi connectivity index (χ2v) is 7.19. The molecule has 0 bridgehead atoms. The van der Waals surface area contributed by atoms with Crippen LogP contribution in [0.3, 0.4) is 0 Å². The number of nitrogens with zero attached hydrogens (tertiary/aromatic N) is 1. The molecule has 0 heterocycles. The summed E-state index contributed by atoms with van der Waals surface area (Å²) in [5, 5.41) is 1.17. The Bertz CT molecular complexity index is 192. The molecule has 0 aliphatic rings. The smallest absolute Gasteiger partial charge is 0.0786 e. The highest BCUT2D eigenvalue weighted by Crippen LogP contribution is 2.17. The van der Waals surface area contributed by atoms with Crippen molar-refractivity contribution in [2.24, 2.45) is 0 Å². The molecule has 0 aliphatic heterocycles. The molecule has 0 aliphatic carbocycles. The Hall–Kier alpha value is 1.17. The first kappa shape index (κ1) is 24.4. The minimum atomic E-state index is 0. The van der Waals surface area contributed by atoms with E-state index in [1.807, 2.05) is 0 Å². The van der Waals surface area contributed by atoms with E-state index in [2.05, 4.69) is 36.7 Å². The van der Waals surface area contributed by atoms with Crippen LogP contribution in [-0.4, -0.2) is 36.0 Å². The van der Waals surface area contributed by atoms with Gasteiger partial charge < -0.3 is 28.5 Å². The Balaban J connectivity index is 0. The van der Waals surface area contributed by atoms with Gasteiger partial charge >= 0.3 is 0 Å². The molecule has 0 atom stereocenters. The van der Waals surface area contributed by atoms with E-state index in [0.29, 0.717) is 0 Å². The third kappa shape index (κ3) is 13.3. The molecule has 130 valence electrons. The molecule has 0 spiro atoms. The lowest BCUT2D eigenvalue weighted by atomic mass is 10.1. The maximum absolute atomic E-state index is 3.59. The zero-order valence-corrected chi connectivity index (χ0v) is 18.6. The lowest BCUT2D eigenvalue weighted by molar-refractivity contribution is -0.929. The Kier molecular flexibility index (Phi) is 20.4. The highest BCUT2D eigenvalue weighted by molar-refractivity contribution is 9.09. The van der Waals surface area contributed by atoms with E-state index in [1.54, 1.807) is 0 Å². The summed E-state index contributed by atoms with van der Waals surface area (Å²) in [4.78, 5) is 0. The van der Waals surface area contributed by atoms with E-state index in [0.717, 1.165) is 0 Å². The molecule has 0 unspecified atom stereocenters. The van der Waals surface area contributed by atoms with E-state index < -0.39 is 0 Å². The van der Waals surface area contributed by atoms with Crippen molar-refractivity contribution in [3.8, 4) is 0 Å². The number of rotatable bonds is 15. The first-order valence-corrected chi connectivity index (χ1v) is 10.3. The molecule has 3 heteroatoms. The number of unbranched alkanes of at least 4 members (excludes halogenated alkanes) is 6. The van der Waals surface area contributed by atoms with E-state index in [-0.39, 0.29) is 24.0 Å². The molecule has 0 rings (SSSR count). The van der Waals surface area contributed by atoms with Crippen LogP contribution in [0.4, 0.5) is 0 Å². The van der Waals surface area contributed by atoms with Crippen LogP contribution in [0.2, 0.25) is 0 Å². The summed E-state index contributed by atoms with van der Waals surface area (Å²) in [6, 6.07) is 0. The first-order valence-electron chi connectivity index (χ1n) is 9.15. The van der Waals surface area contributed by atoms with Crippen LogP contribution in [-0.2, 0) is 0 Å². The third-order valence-electron chi connectivity index (χ3n) is 4.47. The minimum absolute atomic E-state index is 0. The van der Waals surface area contributed by atoms with Crippen LogP contribution >= 0.6 is 15.9 Å². The molecule has 0 aromatic rings. The van der Waals surface area contributed by atoms with Gasteiger partial charge in [0.15, 0.2) is 0 Å². The summed E-state index contributed by atoms with van der Waals surface area (Å²) in [6.45, 7) is 12.7. The van der Waals surface area contributed by atoms with Gasteiger partial charge in [0.05, 0.1) is 26.2 Å². The fourth-order valence-electron chi connectivity index (χ4n) is 3.07. The number of quaternary nitrogens is 1. The number of halogens is 2. The summed E-state index contributed by atoms with van der Waals surface area (Å²) in [5.74, 6) is 0. The van der Waals surface area contributed by atoms with Crippen LogP contribution in [0.15, 0.2) is 0 Å². The number of alkyl halides is 1. The number of hydrogen-bond acceptors (Lipinski definition) is 0. The molecule has 0 N–H and O–H groups in total. The molecule has 0 saturated heterocycles. The molecular formula is C18H39BrIN. The van der Waals surface area contributed by atoms with Crippen molar-refractivity contribution in [1.29, 1.82) is 0 Å². The monoisotopic (exact) mass is 475 g/mol. The zero-order chi connectivity index (χ0) is 15.1. The highest BCUT2D eigenvalue weighted by atomic mass is 127. The second kappa shape index (κ2) is 17.5. The van der Waals surface area contributed by atoms with Gasteiger partial charge in [-0.15, -0.1) is 0 Å². The van der Waals surface area contributed by atoms with Crippen molar-refractivity contribution in [3.63, 3.8) is 0 Å². The molecule has 0 saturated carbocycles. The largest absolute Gasteiger partial charge is 1.00 e. The van der Waals surface area contributed by atoms with Crippen molar-refractivity contribution in [2.45, 2.75) is 85.0 Å². The molecule has 0 aromatic carbocycles. The fourth-order valence-corrected chi connectivity index (χ4v) is 3.47. The van der Waals surface area contributed by atoms with Crippen molar-refractivity contribution >= 4 is 15.9 Å². The summed E-state index contributed by atoms with van der Waals surface area (Å²) >= 11 is 3.59. The van der Waals surface area contributed by atoms with Gasteiger partial charge in [-0.3, -0.25) is 0 Å². The van der Waals surface area contributed by atoms with Gasteiger partial charge in [-0.2, -0.15) is 0 Å². The van der Waals surface area contributed by atoms with E-state index in [1.165, 1.54) is 100 Å². The molecule has 21 heavy (non-hydrogen) atoms. The van der Waals surface area contributed by atoms with Crippen LogP contribution in [0.25, 0.3) is 0 Å². The van der Waals surface area contributed by atoms with Crippen LogP contribution in [0.5, 0.6) is 0 Å². The minimum Gasteiger partial charge on any atom is -1.00 e. The average Bonchev–Trinajstić information content (AvgIpc) is 2.47. The molecule has 0 amide bonds. The summed E-state index contributed by atoms with van der Waals surface area (Å²) in [5.41, 5.74) is 0. The molecular weight excluding hydrogens is 437 g/mol. The zero-order valence-electron chi connectivity index (χ0n) is 14.8. The molecule has 0 fully saturated rings. The molecule has 0 radical (unpaired) electrons. The maximum Gasteiger partial charge on any atom is 0.0786 e. The van der Waals surface area contributed by atoms with E-state index >= 15 is 0 Å². The van der Waals surface area contributed by atoms with Gasteiger partial charge in [0.1, 0.15) is 0 Å². The second-order valence-electron chi connectivity index (χ2n) is 6.40. The van der Waals surface area contributed by atoms with Crippen LogP contribution in [0, 0.1) is 0 Å². The van der Waals surface area contributed by atoms with Gasteiger partial charge in [-0.05, 0) is 38.5 Å². The SMILES string of the molecule is CCCCCC[N+](CCCC)(CCCC)CCCCBr.[I-]. The van der Waals surface area contributed by atoms with Crippen molar-refractivity contribution in [3.05, 3.63) is 0 Å². The topological polar surface area (TPSA) is 0 Å². The predicted octanol–water partition coefficient (Wildman–Crippen LogP) is 3.16. The van der Waals surface area contributed by atoms with Crippen LogP contribution < -0.4 is 24.0 Å². The Morgan fingerprint density at radius 3 is 1.43 bits per heavy atom. The Morgan fingerprint density at radius 2 is 1.00 bits per heavy atom. The quantitative estimate of drug-likeness (QED) is 0.148. The lowest BCUT2D eigenvalue weighted by Gasteiger charge is -2.39. The van der Waals surface area contributed by atoms with Crippen molar-refractivity contribution in [2.75, 3.05) is 31.5 Å². The fraction of sp³-hybridized carbons (Fsp3) is 1.00.